The van der Waals surface area contributed by atoms with Crippen molar-refractivity contribution in [3.05, 3.63) is 87.9 Å². The molecule has 10 heteroatoms. The maximum Gasteiger partial charge on any atom is 0.416 e. The number of carbonyl (C=O) groups excluding carboxylic acids is 1. The summed E-state index contributed by atoms with van der Waals surface area (Å²) in [5.41, 5.74) is 1.65. The summed E-state index contributed by atoms with van der Waals surface area (Å²) in [6.07, 6.45) is -4.49. The fourth-order valence-corrected chi connectivity index (χ4v) is 4.28. The molecule has 196 valence electrons. The second-order valence-electron chi connectivity index (χ2n) is 8.28. The molecule has 3 N–H and O–H groups in total. The lowest BCUT2D eigenvalue weighted by Gasteiger charge is -2.26. The predicted molar refractivity (Wildman–Crippen MR) is 135 cm³/mol. The summed E-state index contributed by atoms with van der Waals surface area (Å²) in [7, 11) is 1.41. The van der Waals surface area contributed by atoms with Crippen LogP contribution in [0.2, 0.25) is 5.02 Å². The van der Waals surface area contributed by atoms with Crippen LogP contribution in [0.4, 0.5) is 18.0 Å². The summed E-state index contributed by atoms with van der Waals surface area (Å²) in [6.45, 7) is 2.01. The molecule has 0 aromatic heterocycles. The number of hydrogen-bond donors (Lipinski definition) is 3. The molecule has 1 atom stereocenters. The molecule has 0 bridgehead atoms. The number of aliphatic carboxylic acids is 1. The van der Waals surface area contributed by atoms with E-state index >= 15 is 0 Å². The van der Waals surface area contributed by atoms with E-state index in [1.54, 1.807) is 36.4 Å². The maximum absolute atomic E-state index is 13.1. The molecule has 0 saturated heterocycles. The number of hydrogen-bond acceptors (Lipinski definition) is 3. The van der Waals surface area contributed by atoms with Crippen molar-refractivity contribution in [2.45, 2.75) is 38.5 Å². The molecule has 0 fully saturated rings. The molecular formula is C27H26ClF3N2O4. The maximum atomic E-state index is 13.1. The number of carbonyl (C=O) groups is 2. The van der Waals surface area contributed by atoms with E-state index in [0.717, 1.165) is 17.7 Å². The fourth-order valence-electron chi connectivity index (χ4n) is 4.07. The highest BCUT2D eigenvalue weighted by Crippen LogP contribution is 2.41. The third kappa shape index (κ3) is 7.16. The van der Waals surface area contributed by atoms with Crippen LogP contribution >= 0.6 is 11.6 Å². The van der Waals surface area contributed by atoms with Crippen LogP contribution in [0.1, 0.15) is 41.6 Å². The van der Waals surface area contributed by atoms with Crippen LogP contribution in [0.15, 0.2) is 60.7 Å². The molecule has 6 nitrogen and oxygen atoms in total. The van der Waals surface area contributed by atoms with E-state index in [1.165, 1.54) is 19.2 Å². The summed E-state index contributed by atoms with van der Waals surface area (Å²) in [5.74, 6) is -0.756. The molecule has 3 rings (SSSR count). The van der Waals surface area contributed by atoms with Gasteiger partial charge in [-0.15, -0.1) is 0 Å². The highest BCUT2D eigenvalue weighted by Gasteiger charge is 2.31. The molecular weight excluding hydrogens is 509 g/mol. The average molecular weight is 535 g/mol. The van der Waals surface area contributed by atoms with Crippen LogP contribution in [-0.2, 0) is 23.9 Å². The van der Waals surface area contributed by atoms with Gasteiger partial charge in [0.05, 0.1) is 25.1 Å². The van der Waals surface area contributed by atoms with Crippen LogP contribution in [0.3, 0.4) is 0 Å². The van der Waals surface area contributed by atoms with Crippen molar-refractivity contribution in [2.75, 3.05) is 7.11 Å². The minimum Gasteiger partial charge on any atom is -0.496 e. The van der Waals surface area contributed by atoms with Crippen LogP contribution in [0.25, 0.3) is 11.1 Å². The Labute approximate surface area is 217 Å². The quantitative estimate of drug-likeness (QED) is 0.288. The smallest absolute Gasteiger partial charge is 0.416 e. The van der Waals surface area contributed by atoms with Gasteiger partial charge < -0.3 is 20.5 Å². The summed E-state index contributed by atoms with van der Waals surface area (Å²) < 4.78 is 44.9. The Morgan fingerprint density at radius 3 is 2.35 bits per heavy atom. The van der Waals surface area contributed by atoms with Gasteiger partial charge in [-0.3, -0.25) is 4.79 Å². The number of urea groups is 1. The highest BCUT2D eigenvalue weighted by molar-refractivity contribution is 6.30. The first-order valence-corrected chi connectivity index (χ1v) is 11.8. The molecule has 1 unspecified atom stereocenters. The zero-order valence-electron chi connectivity index (χ0n) is 20.2. The summed E-state index contributed by atoms with van der Waals surface area (Å²) in [4.78, 5) is 24.4. The van der Waals surface area contributed by atoms with Crippen molar-refractivity contribution in [3.8, 4) is 16.9 Å². The lowest BCUT2D eigenvalue weighted by Crippen LogP contribution is -2.38. The molecule has 0 radical (unpaired) electrons. The van der Waals surface area contributed by atoms with Crippen molar-refractivity contribution in [1.82, 2.24) is 10.6 Å². The number of carboxylic acid groups (broad SMARTS) is 1. The van der Waals surface area contributed by atoms with Crippen molar-refractivity contribution in [1.29, 1.82) is 0 Å². The molecule has 0 aliphatic rings. The van der Waals surface area contributed by atoms with Crippen molar-refractivity contribution in [2.24, 2.45) is 0 Å². The minimum atomic E-state index is -4.51. The van der Waals surface area contributed by atoms with E-state index in [0.29, 0.717) is 39.4 Å². The summed E-state index contributed by atoms with van der Waals surface area (Å²) >= 11 is 5.99. The van der Waals surface area contributed by atoms with Gasteiger partial charge in [0.1, 0.15) is 5.75 Å². The van der Waals surface area contributed by atoms with Gasteiger partial charge >= 0.3 is 18.2 Å². The monoisotopic (exact) mass is 534 g/mol. The SMILES string of the molecule is CCC(NC(=O)NCc1cccc(Cl)c1)c1c(CC(=O)O)ccc(OC)c1-c1ccc(C(F)(F)F)cc1. The number of ether oxygens (including phenoxy) is 1. The molecule has 0 aliphatic heterocycles. The van der Waals surface area contributed by atoms with Crippen LogP contribution in [0.5, 0.6) is 5.75 Å². The van der Waals surface area contributed by atoms with Crippen molar-refractivity contribution in [3.63, 3.8) is 0 Å². The van der Waals surface area contributed by atoms with E-state index < -0.39 is 29.8 Å². The minimum absolute atomic E-state index is 0.203. The Bertz CT molecular complexity index is 1260. The van der Waals surface area contributed by atoms with Crippen LogP contribution in [-0.4, -0.2) is 24.2 Å². The third-order valence-corrected chi connectivity index (χ3v) is 6.00. The molecule has 0 heterocycles. The summed E-state index contributed by atoms with van der Waals surface area (Å²) in [6, 6.07) is 13.5. The van der Waals surface area contributed by atoms with Gasteiger partial charge in [0.25, 0.3) is 0 Å². The van der Waals surface area contributed by atoms with Gasteiger partial charge in [0, 0.05) is 17.1 Å². The molecule has 3 aromatic carbocycles. The van der Waals surface area contributed by atoms with E-state index in [-0.39, 0.29) is 13.0 Å². The molecule has 0 aliphatic carbocycles. The van der Waals surface area contributed by atoms with Gasteiger partial charge in [0.15, 0.2) is 0 Å². The number of carboxylic acids is 1. The Morgan fingerprint density at radius 1 is 1.08 bits per heavy atom. The zero-order valence-corrected chi connectivity index (χ0v) is 20.9. The Hall–Kier alpha value is -3.72. The number of halogens is 4. The van der Waals surface area contributed by atoms with E-state index in [1.807, 2.05) is 6.92 Å². The van der Waals surface area contributed by atoms with Crippen LogP contribution < -0.4 is 15.4 Å². The molecule has 2 amide bonds. The first-order valence-electron chi connectivity index (χ1n) is 11.4. The van der Waals surface area contributed by atoms with Crippen molar-refractivity contribution < 1.29 is 32.6 Å². The highest BCUT2D eigenvalue weighted by atomic mass is 35.5. The zero-order chi connectivity index (χ0) is 27.2. The van der Waals surface area contributed by atoms with Gasteiger partial charge in [0.2, 0.25) is 0 Å². The Morgan fingerprint density at radius 2 is 1.78 bits per heavy atom. The van der Waals surface area contributed by atoms with E-state index in [4.69, 9.17) is 16.3 Å². The molecule has 0 saturated carbocycles. The molecule has 0 spiro atoms. The lowest BCUT2D eigenvalue weighted by molar-refractivity contribution is -0.138. The fraction of sp³-hybridized carbons (Fsp3) is 0.259. The number of amides is 2. The summed E-state index contributed by atoms with van der Waals surface area (Å²) in [5, 5.41) is 15.7. The standard InChI is InChI=1S/C27H26ClF3N2O4/c1-3-21(33-26(36)32-15-16-5-4-6-20(28)13-16)24-18(14-23(34)35)9-12-22(37-2)25(24)17-7-10-19(11-8-17)27(29,30)31/h4-13,21H,3,14-15H2,1-2H3,(H,34,35)(H2,32,33,36). The van der Waals surface area contributed by atoms with Gasteiger partial charge in [-0.1, -0.05) is 48.9 Å². The lowest BCUT2D eigenvalue weighted by atomic mass is 9.87. The first kappa shape index (κ1) is 27.9. The first-order chi connectivity index (χ1) is 17.5. The normalized spacial score (nSPS) is 12.1. The third-order valence-electron chi connectivity index (χ3n) is 5.76. The van der Waals surface area contributed by atoms with Crippen LogP contribution in [0, 0.1) is 0 Å². The number of methoxy groups -OCH3 is 1. The second kappa shape index (κ2) is 12.0. The van der Waals surface area contributed by atoms with E-state index in [9.17, 15) is 27.9 Å². The number of alkyl halides is 3. The van der Waals surface area contributed by atoms with Crippen molar-refractivity contribution >= 4 is 23.6 Å². The van der Waals surface area contributed by atoms with Gasteiger partial charge in [-0.25, -0.2) is 4.79 Å². The number of benzene rings is 3. The van der Waals surface area contributed by atoms with E-state index in [2.05, 4.69) is 10.6 Å². The average Bonchev–Trinajstić information content (AvgIpc) is 2.85. The topological polar surface area (TPSA) is 87.7 Å². The molecule has 37 heavy (non-hydrogen) atoms. The largest absolute Gasteiger partial charge is 0.496 e. The molecule has 3 aromatic rings. The van der Waals surface area contributed by atoms with Gasteiger partial charge in [-0.05, 0) is 59.0 Å². The predicted octanol–water partition coefficient (Wildman–Crippen LogP) is 6.61. The number of nitrogens with one attached hydrogen (secondary N) is 2. The van der Waals surface area contributed by atoms with Gasteiger partial charge in [-0.2, -0.15) is 13.2 Å². The second-order valence-corrected chi connectivity index (χ2v) is 8.72. The Kier molecular flexibility index (Phi) is 9.04. The number of rotatable bonds is 9. The Balaban J connectivity index is 2.01.